The molecule has 1 fully saturated rings. The van der Waals surface area contributed by atoms with Gasteiger partial charge >= 0.3 is 0 Å². The highest BCUT2D eigenvalue weighted by molar-refractivity contribution is 5.70. The van der Waals surface area contributed by atoms with E-state index < -0.39 is 0 Å². The van der Waals surface area contributed by atoms with Gasteiger partial charge in [0.15, 0.2) is 0 Å². The Morgan fingerprint density at radius 2 is 1.86 bits per heavy atom. The second kappa shape index (κ2) is 9.87. The molecule has 1 saturated heterocycles. The molecule has 0 aromatic heterocycles. The fraction of sp³-hybridized carbons (Fsp3) is 0.280. The zero-order chi connectivity index (χ0) is 20.6. The molecule has 4 heteroatoms. The number of para-hydroxylation sites is 2. The Morgan fingerprint density at radius 1 is 1.14 bits per heavy atom. The van der Waals surface area contributed by atoms with Crippen molar-refractivity contribution in [1.82, 2.24) is 10.2 Å². The number of likely N-dealkylation sites (tertiary alicyclic amines) is 1. The predicted octanol–water partition coefficient (Wildman–Crippen LogP) is 4.96. The van der Waals surface area contributed by atoms with Gasteiger partial charge in [-0.3, -0.25) is 0 Å². The summed E-state index contributed by atoms with van der Waals surface area (Å²) in [6.45, 7) is 15.1. The van der Waals surface area contributed by atoms with Crippen LogP contribution in [0.5, 0.6) is 0 Å². The summed E-state index contributed by atoms with van der Waals surface area (Å²) in [6, 6.07) is 19.0. The molecule has 1 atom stereocenters. The number of likely N-dealkylation sites (N-methyl/N-ethyl adjacent to an activating group) is 1. The van der Waals surface area contributed by atoms with Gasteiger partial charge in [0.05, 0.1) is 24.0 Å². The summed E-state index contributed by atoms with van der Waals surface area (Å²) in [5.74, 6) is 0. The Bertz CT molecular complexity index is 843. The highest BCUT2D eigenvalue weighted by Crippen LogP contribution is 2.29. The highest BCUT2D eigenvalue weighted by Gasteiger charge is 2.28. The Morgan fingerprint density at radius 3 is 2.62 bits per heavy atom. The van der Waals surface area contributed by atoms with Crippen LogP contribution in [0.4, 0.5) is 11.4 Å². The summed E-state index contributed by atoms with van der Waals surface area (Å²) in [4.78, 5) is 4.63. The zero-order valence-corrected chi connectivity index (χ0v) is 17.4. The molecule has 0 radical (unpaired) electrons. The molecule has 0 saturated carbocycles. The number of hydrogen-bond donors (Lipinski definition) is 2. The molecule has 0 aliphatic carbocycles. The van der Waals surface area contributed by atoms with E-state index in [0.29, 0.717) is 6.04 Å². The molecule has 4 nitrogen and oxygen atoms in total. The molecule has 1 heterocycles. The maximum absolute atomic E-state index is 4.40. The number of anilines is 2. The minimum absolute atomic E-state index is 0.293. The van der Waals surface area contributed by atoms with E-state index in [1.165, 1.54) is 5.56 Å². The maximum Gasteiger partial charge on any atom is 0.0680 e. The van der Waals surface area contributed by atoms with Gasteiger partial charge in [-0.05, 0) is 36.7 Å². The molecule has 2 aromatic carbocycles. The normalized spacial score (nSPS) is 15.6. The highest BCUT2D eigenvalue weighted by atomic mass is 15.2. The van der Waals surface area contributed by atoms with Crippen LogP contribution in [-0.2, 0) is 6.54 Å². The lowest BCUT2D eigenvalue weighted by molar-refractivity contribution is 0.339. The van der Waals surface area contributed by atoms with Crippen molar-refractivity contribution in [3.05, 3.63) is 97.5 Å². The zero-order valence-electron chi connectivity index (χ0n) is 17.4. The third-order valence-electron chi connectivity index (χ3n) is 5.42. The van der Waals surface area contributed by atoms with Gasteiger partial charge in [0.2, 0.25) is 0 Å². The molecule has 0 spiro atoms. The lowest BCUT2D eigenvalue weighted by Gasteiger charge is -2.33. The van der Waals surface area contributed by atoms with E-state index in [0.717, 1.165) is 55.2 Å². The summed E-state index contributed by atoms with van der Waals surface area (Å²) < 4.78 is 0. The van der Waals surface area contributed by atoms with Gasteiger partial charge in [-0.15, -0.1) is 0 Å². The summed E-state index contributed by atoms with van der Waals surface area (Å²) >= 11 is 0. The van der Waals surface area contributed by atoms with E-state index in [-0.39, 0.29) is 0 Å². The third kappa shape index (κ3) is 5.23. The first kappa shape index (κ1) is 20.6. The molecule has 1 unspecified atom stereocenters. The van der Waals surface area contributed by atoms with Gasteiger partial charge in [-0.25, -0.2) is 0 Å². The van der Waals surface area contributed by atoms with Crippen molar-refractivity contribution >= 4 is 11.4 Å². The standard InChI is InChI=1S/C25H32N4/c1-5-26-23-14-9-10-15-25(23)28(4)19-20(2)29-17-11-16-24(29)21(3)27-18-22-12-7-6-8-13-22/h5-10,12-15,24,26-27H,1-3,11,16-19H2,4H3. The fourth-order valence-corrected chi connectivity index (χ4v) is 3.93. The molecular weight excluding hydrogens is 356 g/mol. The summed E-state index contributed by atoms with van der Waals surface area (Å²) in [5, 5.41) is 6.74. The molecule has 3 rings (SSSR count). The van der Waals surface area contributed by atoms with Gasteiger partial charge in [0.1, 0.15) is 0 Å². The average molecular weight is 389 g/mol. The fourth-order valence-electron chi connectivity index (χ4n) is 3.93. The molecule has 0 bridgehead atoms. The number of hydrogen-bond acceptors (Lipinski definition) is 4. The minimum atomic E-state index is 0.293. The van der Waals surface area contributed by atoms with Gasteiger partial charge in [0.25, 0.3) is 0 Å². The van der Waals surface area contributed by atoms with Gasteiger partial charge in [-0.1, -0.05) is 62.2 Å². The molecule has 29 heavy (non-hydrogen) atoms. The molecule has 1 aliphatic heterocycles. The van der Waals surface area contributed by atoms with Crippen molar-refractivity contribution in [2.24, 2.45) is 0 Å². The van der Waals surface area contributed by atoms with Crippen LogP contribution in [0.2, 0.25) is 0 Å². The largest absolute Gasteiger partial charge is 0.383 e. The van der Waals surface area contributed by atoms with Crippen LogP contribution >= 0.6 is 0 Å². The first-order chi connectivity index (χ1) is 14.1. The van der Waals surface area contributed by atoms with E-state index in [4.69, 9.17) is 0 Å². The van der Waals surface area contributed by atoms with E-state index in [1.807, 2.05) is 12.1 Å². The topological polar surface area (TPSA) is 30.5 Å². The quantitative estimate of drug-likeness (QED) is 0.602. The van der Waals surface area contributed by atoms with Crippen LogP contribution in [0, 0.1) is 0 Å². The van der Waals surface area contributed by atoms with Crippen molar-refractivity contribution in [1.29, 1.82) is 0 Å². The molecule has 2 N–H and O–H groups in total. The molecule has 0 amide bonds. The third-order valence-corrected chi connectivity index (χ3v) is 5.42. The Hall–Kier alpha value is -3.14. The summed E-state index contributed by atoms with van der Waals surface area (Å²) in [7, 11) is 2.10. The van der Waals surface area contributed by atoms with Crippen LogP contribution in [0.25, 0.3) is 0 Å². The molecular formula is C25H32N4. The van der Waals surface area contributed by atoms with Crippen molar-refractivity contribution < 1.29 is 0 Å². The van der Waals surface area contributed by atoms with Gasteiger partial charge < -0.3 is 20.4 Å². The Balaban J connectivity index is 1.61. The van der Waals surface area contributed by atoms with Crippen LogP contribution in [0.1, 0.15) is 18.4 Å². The second-order valence-electron chi connectivity index (χ2n) is 7.50. The summed E-state index contributed by atoms with van der Waals surface area (Å²) in [5.41, 5.74) is 5.63. The van der Waals surface area contributed by atoms with E-state index in [1.54, 1.807) is 6.20 Å². The van der Waals surface area contributed by atoms with E-state index >= 15 is 0 Å². The molecule has 1 aliphatic rings. The van der Waals surface area contributed by atoms with Crippen molar-refractivity contribution in [2.75, 3.05) is 30.4 Å². The SMILES string of the molecule is C=CNc1ccccc1N(C)CC(=C)N1CCCC1C(=C)NCc1ccccc1. The van der Waals surface area contributed by atoms with E-state index in [9.17, 15) is 0 Å². The summed E-state index contributed by atoms with van der Waals surface area (Å²) in [6.07, 6.45) is 3.98. The lowest BCUT2D eigenvalue weighted by Crippen LogP contribution is -2.38. The minimum Gasteiger partial charge on any atom is -0.383 e. The maximum atomic E-state index is 4.40. The van der Waals surface area contributed by atoms with E-state index in [2.05, 4.69) is 89.7 Å². The number of nitrogens with zero attached hydrogens (tertiary/aromatic N) is 2. The predicted molar refractivity (Wildman–Crippen MR) is 125 cm³/mol. The lowest BCUT2D eigenvalue weighted by atomic mass is 10.1. The average Bonchev–Trinajstić information content (AvgIpc) is 3.23. The number of rotatable bonds is 10. The number of nitrogens with one attached hydrogen (secondary N) is 2. The first-order valence-corrected chi connectivity index (χ1v) is 10.2. The Labute approximate surface area is 175 Å². The molecule has 2 aromatic rings. The molecule has 152 valence electrons. The van der Waals surface area contributed by atoms with Crippen LogP contribution < -0.4 is 15.5 Å². The van der Waals surface area contributed by atoms with Crippen molar-refractivity contribution in [2.45, 2.75) is 25.4 Å². The smallest absolute Gasteiger partial charge is 0.0680 e. The monoisotopic (exact) mass is 388 g/mol. The van der Waals surface area contributed by atoms with Crippen LogP contribution in [0.15, 0.2) is 91.9 Å². The number of benzene rings is 2. The van der Waals surface area contributed by atoms with Crippen LogP contribution in [-0.4, -0.2) is 31.1 Å². The second-order valence-corrected chi connectivity index (χ2v) is 7.50. The first-order valence-electron chi connectivity index (χ1n) is 10.2. The van der Waals surface area contributed by atoms with Gasteiger partial charge in [0, 0.05) is 31.5 Å². The van der Waals surface area contributed by atoms with Crippen LogP contribution in [0.3, 0.4) is 0 Å². The van der Waals surface area contributed by atoms with Crippen molar-refractivity contribution in [3.8, 4) is 0 Å². The van der Waals surface area contributed by atoms with Gasteiger partial charge in [-0.2, -0.15) is 0 Å². The van der Waals surface area contributed by atoms with Crippen molar-refractivity contribution in [3.63, 3.8) is 0 Å². The Kier molecular flexibility index (Phi) is 7.01.